The fourth-order valence-electron chi connectivity index (χ4n) is 3.68. The summed E-state index contributed by atoms with van der Waals surface area (Å²) < 4.78 is 5.45. The lowest BCUT2D eigenvalue weighted by Gasteiger charge is -2.29. The molecule has 4 rings (SSSR count). The lowest BCUT2D eigenvalue weighted by atomic mass is 10.1. The lowest BCUT2D eigenvalue weighted by molar-refractivity contribution is 0.0739. The Balaban J connectivity index is 1.53. The molecule has 0 aliphatic carbocycles. The maximum atomic E-state index is 13.4. The summed E-state index contributed by atoms with van der Waals surface area (Å²) in [5.74, 6) is -0.0371. The Bertz CT molecular complexity index is 941. The summed E-state index contributed by atoms with van der Waals surface area (Å²) in [7, 11) is 0. The van der Waals surface area contributed by atoms with Crippen LogP contribution in [0.5, 0.6) is 0 Å². The van der Waals surface area contributed by atoms with Gasteiger partial charge in [-0.25, -0.2) is 0 Å². The van der Waals surface area contributed by atoms with Crippen LogP contribution < -0.4 is 4.90 Å². The first-order chi connectivity index (χ1) is 14.8. The fourth-order valence-corrected chi connectivity index (χ4v) is 3.68. The van der Waals surface area contributed by atoms with Crippen molar-refractivity contribution in [3.05, 3.63) is 95.8 Å². The van der Waals surface area contributed by atoms with Crippen LogP contribution in [-0.2, 0) is 17.7 Å². The molecule has 1 aliphatic rings. The zero-order valence-corrected chi connectivity index (χ0v) is 17.1. The summed E-state index contributed by atoms with van der Waals surface area (Å²) in [4.78, 5) is 22.0. The average Bonchev–Trinajstić information content (AvgIpc) is 2.83. The molecule has 0 N–H and O–H groups in total. The van der Waals surface area contributed by atoms with Crippen molar-refractivity contribution < 1.29 is 9.53 Å². The van der Waals surface area contributed by atoms with Crippen molar-refractivity contribution >= 4 is 11.6 Å². The van der Waals surface area contributed by atoms with Crippen LogP contribution >= 0.6 is 0 Å². The van der Waals surface area contributed by atoms with E-state index in [-0.39, 0.29) is 5.91 Å². The first kappa shape index (κ1) is 20.1. The van der Waals surface area contributed by atoms with Gasteiger partial charge in [0.2, 0.25) is 0 Å². The van der Waals surface area contributed by atoms with Gasteiger partial charge in [-0.3, -0.25) is 9.78 Å². The number of rotatable bonds is 7. The summed E-state index contributed by atoms with van der Waals surface area (Å²) in [6.45, 7) is 4.29. The molecule has 5 heteroatoms. The van der Waals surface area contributed by atoms with Gasteiger partial charge in [0, 0.05) is 38.1 Å². The monoisotopic (exact) mass is 401 g/mol. The van der Waals surface area contributed by atoms with Gasteiger partial charge in [0.25, 0.3) is 5.91 Å². The standard InChI is InChI=1S/C25H27N3O2/c29-25(24-19-23(11-13-26-24)27-15-17-30-18-16-27)28(20-22-9-5-2-6-10-22)14-12-21-7-3-1-4-8-21/h1-11,13,19H,12,14-18,20H2. The summed E-state index contributed by atoms with van der Waals surface area (Å²) in [5.41, 5.74) is 3.85. The van der Waals surface area contributed by atoms with Gasteiger partial charge in [0.05, 0.1) is 13.2 Å². The third-order valence-corrected chi connectivity index (χ3v) is 5.36. The van der Waals surface area contributed by atoms with Crippen molar-refractivity contribution in [2.24, 2.45) is 0 Å². The molecule has 0 radical (unpaired) electrons. The van der Waals surface area contributed by atoms with E-state index in [1.807, 2.05) is 53.4 Å². The molecule has 0 atom stereocenters. The number of hydrogen-bond acceptors (Lipinski definition) is 4. The highest BCUT2D eigenvalue weighted by atomic mass is 16.5. The van der Waals surface area contributed by atoms with Gasteiger partial charge in [0.15, 0.2) is 0 Å². The molecular formula is C25H27N3O2. The van der Waals surface area contributed by atoms with Gasteiger partial charge >= 0.3 is 0 Å². The smallest absolute Gasteiger partial charge is 0.272 e. The molecule has 1 aliphatic heterocycles. The Morgan fingerprint density at radius 2 is 1.60 bits per heavy atom. The number of amides is 1. The number of carbonyl (C=O) groups is 1. The number of hydrogen-bond donors (Lipinski definition) is 0. The topological polar surface area (TPSA) is 45.7 Å². The molecule has 1 saturated heterocycles. The first-order valence-corrected chi connectivity index (χ1v) is 10.5. The van der Waals surface area contributed by atoms with E-state index >= 15 is 0 Å². The van der Waals surface area contributed by atoms with Gasteiger partial charge in [-0.15, -0.1) is 0 Å². The zero-order chi connectivity index (χ0) is 20.6. The van der Waals surface area contributed by atoms with Crippen molar-refractivity contribution in [3.63, 3.8) is 0 Å². The minimum absolute atomic E-state index is 0.0371. The highest BCUT2D eigenvalue weighted by Gasteiger charge is 2.20. The molecule has 1 amide bonds. The van der Waals surface area contributed by atoms with Crippen LogP contribution in [0.1, 0.15) is 21.6 Å². The molecule has 154 valence electrons. The highest BCUT2D eigenvalue weighted by Crippen LogP contribution is 2.18. The van der Waals surface area contributed by atoms with Crippen LogP contribution in [0, 0.1) is 0 Å². The molecule has 30 heavy (non-hydrogen) atoms. The van der Waals surface area contributed by atoms with E-state index < -0.39 is 0 Å². The fraction of sp³-hybridized carbons (Fsp3) is 0.280. The molecule has 1 aromatic heterocycles. The Kier molecular flexibility index (Phi) is 6.72. The molecule has 2 heterocycles. The predicted octanol–water partition coefficient (Wildman–Crippen LogP) is 3.80. The van der Waals surface area contributed by atoms with Crippen LogP contribution in [0.3, 0.4) is 0 Å². The largest absolute Gasteiger partial charge is 0.378 e. The number of ether oxygens (including phenoxy) is 1. The van der Waals surface area contributed by atoms with Crippen molar-refractivity contribution in [1.82, 2.24) is 9.88 Å². The van der Waals surface area contributed by atoms with Gasteiger partial charge < -0.3 is 14.5 Å². The van der Waals surface area contributed by atoms with Gasteiger partial charge in [-0.1, -0.05) is 60.7 Å². The van der Waals surface area contributed by atoms with E-state index in [2.05, 4.69) is 34.1 Å². The normalized spacial score (nSPS) is 13.8. The SMILES string of the molecule is O=C(c1cc(N2CCOCC2)ccn1)N(CCc1ccccc1)Cc1ccccc1. The van der Waals surface area contributed by atoms with E-state index in [0.29, 0.717) is 32.0 Å². The third kappa shape index (κ3) is 5.24. The number of carbonyl (C=O) groups excluding carboxylic acids is 1. The van der Waals surface area contributed by atoms with E-state index in [1.165, 1.54) is 5.56 Å². The van der Waals surface area contributed by atoms with Crippen LogP contribution in [0.25, 0.3) is 0 Å². The van der Waals surface area contributed by atoms with Crippen molar-refractivity contribution in [2.45, 2.75) is 13.0 Å². The first-order valence-electron chi connectivity index (χ1n) is 10.5. The number of anilines is 1. The zero-order valence-electron chi connectivity index (χ0n) is 17.1. The Morgan fingerprint density at radius 3 is 2.30 bits per heavy atom. The predicted molar refractivity (Wildman–Crippen MR) is 119 cm³/mol. The number of morpholine rings is 1. The molecule has 0 bridgehead atoms. The molecule has 3 aromatic rings. The Morgan fingerprint density at radius 1 is 0.933 bits per heavy atom. The second kappa shape index (κ2) is 10.0. The number of aromatic nitrogens is 1. The average molecular weight is 402 g/mol. The Hall–Kier alpha value is -3.18. The molecule has 2 aromatic carbocycles. The summed E-state index contributed by atoms with van der Waals surface area (Å²) >= 11 is 0. The van der Waals surface area contributed by atoms with E-state index in [4.69, 9.17) is 4.74 Å². The summed E-state index contributed by atoms with van der Waals surface area (Å²) in [5, 5.41) is 0. The highest BCUT2D eigenvalue weighted by molar-refractivity contribution is 5.93. The van der Waals surface area contributed by atoms with Crippen molar-refractivity contribution in [2.75, 3.05) is 37.7 Å². The number of pyridine rings is 1. The number of benzene rings is 2. The summed E-state index contributed by atoms with van der Waals surface area (Å²) in [6.07, 6.45) is 2.54. The van der Waals surface area contributed by atoms with Crippen LogP contribution in [-0.4, -0.2) is 48.6 Å². The van der Waals surface area contributed by atoms with Crippen LogP contribution in [0.15, 0.2) is 79.0 Å². The van der Waals surface area contributed by atoms with Gasteiger partial charge in [-0.2, -0.15) is 0 Å². The molecular weight excluding hydrogens is 374 g/mol. The minimum atomic E-state index is -0.0371. The van der Waals surface area contributed by atoms with E-state index in [0.717, 1.165) is 30.8 Å². The van der Waals surface area contributed by atoms with Gasteiger partial charge in [0.1, 0.15) is 5.69 Å². The molecule has 0 saturated carbocycles. The maximum absolute atomic E-state index is 13.4. The maximum Gasteiger partial charge on any atom is 0.272 e. The second-order valence-electron chi connectivity index (χ2n) is 7.45. The minimum Gasteiger partial charge on any atom is -0.378 e. The number of nitrogens with zero attached hydrogens (tertiary/aromatic N) is 3. The van der Waals surface area contributed by atoms with Crippen LogP contribution in [0.2, 0.25) is 0 Å². The Labute approximate surface area is 177 Å². The third-order valence-electron chi connectivity index (χ3n) is 5.36. The molecule has 0 spiro atoms. The van der Waals surface area contributed by atoms with Crippen molar-refractivity contribution in [1.29, 1.82) is 0 Å². The molecule has 5 nitrogen and oxygen atoms in total. The van der Waals surface area contributed by atoms with Gasteiger partial charge in [-0.05, 0) is 29.7 Å². The van der Waals surface area contributed by atoms with E-state index in [9.17, 15) is 4.79 Å². The molecule has 0 unspecified atom stereocenters. The van der Waals surface area contributed by atoms with Crippen molar-refractivity contribution in [3.8, 4) is 0 Å². The lowest BCUT2D eigenvalue weighted by Crippen LogP contribution is -2.37. The summed E-state index contributed by atoms with van der Waals surface area (Å²) in [6, 6.07) is 24.3. The second-order valence-corrected chi connectivity index (χ2v) is 7.45. The van der Waals surface area contributed by atoms with E-state index in [1.54, 1.807) is 6.20 Å². The van der Waals surface area contributed by atoms with Crippen LogP contribution in [0.4, 0.5) is 5.69 Å². The molecule has 1 fully saturated rings. The quantitative estimate of drug-likeness (QED) is 0.604.